The monoisotopic (exact) mass is 231 g/mol. The Balaban J connectivity index is 2.74. The first-order valence-electron chi connectivity index (χ1n) is 4.41. The average molecular weight is 231 g/mol. The van der Waals surface area contributed by atoms with Crippen molar-refractivity contribution in [3.8, 4) is 0 Å². The number of rotatable bonds is 4. The van der Waals surface area contributed by atoms with Crippen LogP contribution in [0.3, 0.4) is 0 Å². The number of nitrogens with zero attached hydrogens (tertiary/aromatic N) is 2. The van der Waals surface area contributed by atoms with E-state index < -0.39 is 5.25 Å². The average Bonchev–Trinajstić information content (AvgIpc) is 2.21. The van der Waals surface area contributed by atoms with Gasteiger partial charge in [0.2, 0.25) is 0 Å². The first-order valence-corrected chi connectivity index (χ1v) is 5.29. The van der Waals surface area contributed by atoms with E-state index in [1.165, 1.54) is 7.11 Å². The molecule has 0 aromatic carbocycles. The van der Waals surface area contributed by atoms with E-state index in [4.69, 9.17) is 15.2 Å². The molecule has 0 fully saturated rings. The number of nitrogens with two attached hydrogens (primary N) is 1. The first kappa shape index (κ1) is 12.0. The summed E-state index contributed by atoms with van der Waals surface area (Å²) in [6, 6.07) is 0. The molecule has 0 aliphatic carbocycles. The highest BCUT2D eigenvalue weighted by Gasteiger charge is 2.30. The summed E-state index contributed by atoms with van der Waals surface area (Å²) in [7, 11) is 1.52. The molecule has 15 heavy (non-hydrogen) atoms. The van der Waals surface area contributed by atoms with Crippen LogP contribution in [0.15, 0.2) is 10.2 Å². The first-order chi connectivity index (χ1) is 7.19. The Morgan fingerprint density at radius 3 is 2.93 bits per heavy atom. The minimum Gasteiger partial charge on any atom is -0.465 e. The molecular formula is C8H13N3O3S. The molecule has 1 aliphatic rings. The topological polar surface area (TPSA) is 86.3 Å². The maximum absolute atomic E-state index is 11.5. The zero-order chi connectivity index (χ0) is 11.3. The lowest BCUT2D eigenvalue weighted by atomic mass is 10.3. The Morgan fingerprint density at radius 1 is 1.60 bits per heavy atom. The lowest BCUT2D eigenvalue weighted by Gasteiger charge is -2.18. The van der Waals surface area contributed by atoms with Crippen LogP contribution in [0.5, 0.6) is 0 Å². The SMILES string of the molecule is CCOC(=O)C1SC(N)=NN=C1COC. The van der Waals surface area contributed by atoms with E-state index in [1.807, 2.05) is 0 Å². The van der Waals surface area contributed by atoms with E-state index in [1.54, 1.807) is 6.92 Å². The summed E-state index contributed by atoms with van der Waals surface area (Å²) >= 11 is 1.12. The fourth-order valence-electron chi connectivity index (χ4n) is 1.03. The molecule has 1 rings (SSSR count). The van der Waals surface area contributed by atoms with Crippen LogP contribution in [0.25, 0.3) is 0 Å². The Labute approximate surface area is 91.9 Å². The van der Waals surface area contributed by atoms with Crippen molar-refractivity contribution in [1.82, 2.24) is 0 Å². The minimum absolute atomic E-state index is 0.243. The van der Waals surface area contributed by atoms with Gasteiger partial charge in [0.15, 0.2) is 10.4 Å². The molecule has 0 aromatic rings. The second-order valence-corrected chi connectivity index (χ2v) is 3.84. The van der Waals surface area contributed by atoms with E-state index >= 15 is 0 Å². The van der Waals surface area contributed by atoms with Crippen molar-refractivity contribution in [2.75, 3.05) is 20.3 Å². The highest BCUT2D eigenvalue weighted by Crippen LogP contribution is 2.19. The molecule has 84 valence electrons. The van der Waals surface area contributed by atoms with Crippen LogP contribution in [0.2, 0.25) is 0 Å². The van der Waals surface area contributed by atoms with Gasteiger partial charge in [-0.25, -0.2) is 0 Å². The van der Waals surface area contributed by atoms with Crippen LogP contribution < -0.4 is 5.73 Å². The standard InChI is InChI=1S/C8H13N3O3S/c1-3-14-7(12)6-5(4-13-2)10-11-8(9)15-6/h6H,3-4H2,1-2H3,(H2,9,11). The molecule has 1 aliphatic heterocycles. The van der Waals surface area contributed by atoms with Gasteiger partial charge in [0.25, 0.3) is 0 Å². The van der Waals surface area contributed by atoms with Gasteiger partial charge in [-0.3, -0.25) is 4.79 Å². The molecule has 2 N–H and O–H groups in total. The van der Waals surface area contributed by atoms with Crippen molar-refractivity contribution in [3.63, 3.8) is 0 Å². The number of hydrogen-bond acceptors (Lipinski definition) is 7. The van der Waals surface area contributed by atoms with Crippen LogP contribution in [0, 0.1) is 0 Å². The summed E-state index contributed by atoms with van der Waals surface area (Å²) in [5, 5.41) is 7.22. The van der Waals surface area contributed by atoms with Gasteiger partial charge >= 0.3 is 5.97 Å². The Kier molecular flexibility index (Phi) is 4.57. The van der Waals surface area contributed by atoms with Gasteiger partial charge in [-0.2, -0.15) is 5.10 Å². The molecular weight excluding hydrogens is 218 g/mol. The van der Waals surface area contributed by atoms with Crippen molar-refractivity contribution in [2.24, 2.45) is 15.9 Å². The number of ether oxygens (including phenoxy) is 2. The van der Waals surface area contributed by atoms with Crippen LogP contribution in [-0.2, 0) is 14.3 Å². The number of esters is 1. The second kappa shape index (κ2) is 5.72. The van der Waals surface area contributed by atoms with Crippen LogP contribution in [-0.4, -0.2) is 42.4 Å². The number of carbonyl (C=O) groups is 1. The number of hydrogen-bond donors (Lipinski definition) is 1. The molecule has 1 heterocycles. The molecule has 1 atom stereocenters. The van der Waals surface area contributed by atoms with Crippen LogP contribution >= 0.6 is 11.8 Å². The Bertz CT molecular complexity index is 304. The Morgan fingerprint density at radius 2 is 2.33 bits per heavy atom. The van der Waals surface area contributed by atoms with Gasteiger partial charge in [0.1, 0.15) is 0 Å². The third-order valence-electron chi connectivity index (χ3n) is 1.61. The maximum atomic E-state index is 11.5. The van der Waals surface area contributed by atoms with E-state index in [0.29, 0.717) is 12.3 Å². The fourth-order valence-corrected chi connectivity index (χ4v) is 1.78. The van der Waals surface area contributed by atoms with Gasteiger partial charge in [-0.15, -0.1) is 5.10 Å². The molecule has 0 saturated carbocycles. The second-order valence-electron chi connectivity index (χ2n) is 2.71. The highest BCUT2D eigenvalue weighted by molar-refractivity contribution is 8.15. The van der Waals surface area contributed by atoms with Gasteiger partial charge in [-0.05, 0) is 6.92 Å². The number of carbonyl (C=O) groups excluding carboxylic acids is 1. The zero-order valence-electron chi connectivity index (χ0n) is 8.60. The van der Waals surface area contributed by atoms with Gasteiger partial charge in [0, 0.05) is 7.11 Å². The molecule has 0 radical (unpaired) electrons. The molecule has 6 nitrogen and oxygen atoms in total. The van der Waals surface area contributed by atoms with Crippen LogP contribution in [0.4, 0.5) is 0 Å². The minimum atomic E-state index is -0.539. The van der Waals surface area contributed by atoms with Crippen molar-refractivity contribution in [1.29, 1.82) is 0 Å². The summed E-state index contributed by atoms with van der Waals surface area (Å²) in [5.74, 6) is -0.365. The molecule has 1 unspecified atom stereocenters. The van der Waals surface area contributed by atoms with Crippen molar-refractivity contribution in [3.05, 3.63) is 0 Å². The predicted molar refractivity (Wildman–Crippen MR) is 58.9 cm³/mol. The fraction of sp³-hybridized carbons (Fsp3) is 0.625. The number of amidine groups is 1. The summed E-state index contributed by atoms with van der Waals surface area (Å²) in [4.78, 5) is 11.5. The van der Waals surface area contributed by atoms with Crippen molar-refractivity contribution >= 4 is 28.6 Å². The quantitative estimate of drug-likeness (QED) is 0.687. The van der Waals surface area contributed by atoms with Gasteiger partial charge < -0.3 is 15.2 Å². The molecule has 0 amide bonds. The van der Waals surface area contributed by atoms with Crippen LogP contribution in [0.1, 0.15) is 6.92 Å². The molecule has 0 aromatic heterocycles. The number of methoxy groups -OCH3 is 1. The predicted octanol–water partition coefficient (Wildman–Crippen LogP) is -0.0180. The zero-order valence-corrected chi connectivity index (χ0v) is 9.41. The molecule has 0 bridgehead atoms. The van der Waals surface area contributed by atoms with Crippen molar-refractivity contribution < 1.29 is 14.3 Å². The normalized spacial score (nSPS) is 20.5. The smallest absolute Gasteiger partial charge is 0.325 e. The maximum Gasteiger partial charge on any atom is 0.325 e. The Hall–Kier alpha value is -1.08. The molecule has 0 spiro atoms. The largest absolute Gasteiger partial charge is 0.465 e. The summed E-state index contributed by atoms with van der Waals surface area (Å²) in [5.41, 5.74) is 6.00. The summed E-state index contributed by atoms with van der Waals surface area (Å²) in [6.07, 6.45) is 0. The summed E-state index contributed by atoms with van der Waals surface area (Å²) in [6.45, 7) is 2.32. The van der Waals surface area contributed by atoms with Gasteiger partial charge in [0.05, 0.1) is 18.9 Å². The van der Waals surface area contributed by atoms with E-state index in [2.05, 4.69) is 10.2 Å². The summed E-state index contributed by atoms with van der Waals surface area (Å²) < 4.78 is 9.81. The third kappa shape index (κ3) is 3.21. The van der Waals surface area contributed by atoms with E-state index in [9.17, 15) is 4.79 Å². The molecule has 7 heteroatoms. The highest BCUT2D eigenvalue weighted by atomic mass is 32.2. The lowest BCUT2D eigenvalue weighted by molar-refractivity contribution is -0.141. The van der Waals surface area contributed by atoms with E-state index in [-0.39, 0.29) is 17.7 Å². The molecule has 0 saturated heterocycles. The lowest BCUT2D eigenvalue weighted by Crippen LogP contribution is -2.36. The third-order valence-corrected chi connectivity index (χ3v) is 2.63. The van der Waals surface area contributed by atoms with E-state index in [0.717, 1.165) is 11.8 Å². The van der Waals surface area contributed by atoms with Gasteiger partial charge in [-0.1, -0.05) is 11.8 Å². The van der Waals surface area contributed by atoms with Crippen molar-refractivity contribution in [2.45, 2.75) is 12.2 Å². The number of thioether (sulfide) groups is 1.